The highest BCUT2D eigenvalue weighted by Gasteiger charge is 2.54. The van der Waals surface area contributed by atoms with Gasteiger partial charge in [0.2, 0.25) is 4.91 Å². The van der Waals surface area contributed by atoms with Crippen molar-refractivity contribution in [2.45, 2.75) is 147 Å². The molecule has 0 aliphatic heterocycles. The second-order valence-corrected chi connectivity index (χ2v) is 19.1. The molecule has 0 atom stereocenters. The number of rotatable bonds is 3. The van der Waals surface area contributed by atoms with Gasteiger partial charge in [0, 0.05) is 11.8 Å². The van der Waals surface area contributed by atoms with E-state index in [4.69, 9.17) is 16.3 Å². The van der Waals surface area contributed by atoms with E-state index in [9.17, 15) is 0 Å². The van der Waals surface area contributed by atoms with E-state index in [-0.39, 0.29) is 13.0 Å². The SMILES string of the molecule is C.C(=NC12CC3CC(CC(C3)C1)C2)c1ccccc1.Cc1ccccc1.N=[N+]=NC12CC3CC(CC(C3)C1)C2.NC12CC3CC(CC(C3)C1)C2. The summed E-state index contributed by atoms with van der Waals surface area (Å²) in [6.45, 7) is 2.08. The van der Waals surface area contributed by atoms with Gasteiger partial charge in [-0.1, -0.05) is 73.7 Å². The summed E-state index contributed by atoms with van der Waals surface area (Å²) in [7, 11) is 0. The lowest BCUT2D eigenvalue weighted by Crippen LogP contribution is -2.55. The molecule has 0 aromatic heterocycles. The van der Waals surface area contributed by atoms with Crippen molar-refractivity contribution < 1.29 is 0 Å². The number of hydrogen-bond donors (Lipinski definition) is 2. The van der Waals surface area contributed by atoms with Gasteiger partial charge in [-0.25, -0.2) is 0 Å². The van der Waals surface area contributed by atoms with Crippen molar-refractivity contribution in [3.63, 3.8) is 0 Å². The molecule has 12 bridgehead atoms. The van der Waals surface area contributed by atoms with E-state index in [1.54, 1.807) is 0 Å². The van der Waals surface area contributed by atoms with Crippen molar-refractivity contribution in [3.05, 3.63) is 71.8 Å². The van der Waals surface area contributed by atoms with Crippen LogP contribution in [-0.2, 0) is 0 Å². The minimum Gasteiger partial charge on any atom is -0.325 e. The largest absolute Gasteiger partial charge is 0.325 e. The highest BCUT2D eigenvalue weighted by Crippen LogP contribution is 2.58. The van der Waals surface area contributed by atoms with Crippen molar-refractivity contribution in [2.24, 2.45) is 69.1 Å². The van der Waals surface area contributed by atoms with Gasteiger partial charge in [0.25, 0.3) is 0 Å². The monoisotopic (exact) mass is 677 g/mol. The van der Waals surface area contributed by atoms with Crippen LogP contribution < -0.4 is 10.6 Å². The van der Waals surface area contributed by atoms with E-state index in [0.29, 0.717) is 11.1 Å². The molecule has 0 heterocycles. The first-order valence-corrected chi connectivity index (χ1v) is 20.2. The van der Waals surface area contributed by atoms with E-state index in [0.717, 1.165) is 53.3 Å². The van der Waals surface area contributed by atoms with Gasteiger partial charge in [0.15, 0.2) is 0 Å². The maximum atomic E-state index is 6.90. The summed E-state index contributed by atoms with van der Waals surface area (Å²) in [4.78, 5) is 8.36. The molecule has 12 aliphatic carbocycles. The lowest BCUT2D eigenvalue weighted by molar-refractivity contribution is -0.00270. The Morgan fingerprint density at radius 3 is 1.22 bits per heavy atom. The van der Waals surface area contributed by atoms with Gasteiger partial charge < -0.3 is 5.73 Å². The molecule has 12 aliphatic rings. The van der Waals surface area contributed by atoms with Gasteiger partial charge in [0.05, 0.1) is 5.54 Å². The van der Waals surface area contributed by atoms with Crippen LogP contribution in [0.1, 0.15) is 134 Å². The lowest BCUT2D eigenvalue weighted by Gasteiger charge is -2.55. The second-order valence-electron chi connectivity index (χ2n) is 19.1. The lowest BCUT2D eigenvalue weighted by atomic mass is 9.53. The fourth-order valence-corrected chi connectivity index (χ4v) is 14.0. The van der Waals surface area contributed by atoms with E-state index in [1.807, 2.05) is 18.2 Å². The molecular formula is C45H66N5+. The Labute approximate surface area is 303 Å². The third kappa shape index (κ3) is 8.20. The molecule has 0 saturated heterocycles. The first kappa shape index (κ1) is 35.8. The van der Waals surface area contributed by atoms with Crippen LogP contribution in [0.4, 0.5) is 0 Å². The van der Waals surface area contributed by atoms with Gasteiger partial charge >= 0.3 is 0 Å². The highest BCUT2D eigenvalue weighted by atomic mass is 15.2. The predicted molar refractivity (Wildman–Crippen MR) is 206 cm³/mol. The number of nitrogens with one attached hydrogen (secondary N) is 1. The summed E-state index contributed by atoms with van der Waals surface area (Å²) in [5.41, 5.74) is 16.5. The molecule has 12 saturated carbocycles. The summed E-state index contributed by atoms with van der Waals surface area (Å²) in [6.07, 6.45) is 27.3. The summed E-state index contributed by atoms with van der Waals surface area (Å²) >= 11 is 0. The summed E-state index contributed by atoms with van der Waals surface area (Å²) in [6, 6.07) is 20.8. The molecule has 270 valence electrons. The Morgan fingerprint density at radius 2 is 0.900 bits per heavy atom. The highest BCUT2D eigenvalue weighted by molar-refractivity contribution is 5.79. The molecular weight excluding hydrogens is 611 g/mol. The smallest absolute Gasteiger partial charge is 0.214 e. The molecule has 50 heavy (non-hydrogen) atoms. The fraction of sp³-hybridized carbons (Fsp3) is 0.711. The molecule has 0 unspecified atom stereocenters. The van der Waals surface area contributed by atoms with Gasteiger partial charge in [-0.05, 0) is 181 Å². The Balaban J connectivity index is 0.000000109. The Kier molecular flexibility index (Phi) is 10.6. The molecule has 0 radical (unpaired) electrons. The molecule has 14 rings (SSSR count). The van der Waals surface area contributed by atoms with Crippen molar-refractivity contribution in [1.82, 2.24) is 4.91 Å². The average molecular weight is 677 g/mol. The summed E-state index contributed by atoms with van der Waals surface area (Å²) in [5, 5.41) is 4.21. The minimum atomic E-state index is 0. The zero-order chi connectivity index (χ0) is 33.5. The van der Waals surface area contributed by atoms with Crippen LogP contribution in [0.2, 0.25) is 0 Å². The Morgan fingerprint density at radius 1 is 0.560 bits per heavy atom. The first-order valence-electron chi connectivity index (χ1n) is 20.2. The molecule has 5 nitrogen and oxygen atoms in total. The van der Waals surface area contributed by atoms with Crippen molar-refractivity contribution >= 4 is 6.21 Å². The first-order chi connectivity index (χ1) is 23.7. The molecule has 12 fully saturated rings. The third-order valence-electron chi connectivity index (χ3n) is 14.6. The number of nitrogens with zero attached hydrogens (tertiary/aromatic N) is 3. The van der Waals surface area contributed by atoms with Gasteiger partial charge in [-0.15, -0.1) is 0 Å². The molecule has 2 aromatic rings. The van der Waals surface area contributed by atoms with Crippen LogP contribution in [0, 0.1) is 65.7 Å². The minimum absolute atomic E-state index is 0. The van der Waals surface area contributed by atoms with E-state index in [2.05, 4.69) is 65.6 Å². The van der Waals surface area contributed by atoms with Gasteiger partial charge in [0.1, 0.15) is 16.2 Å². The molecule has 2 aromatic carbocycles. The van der Waals surface area contributed by atoms with Crippen LogP contribution in [0.15, 0.2) is 70.8 Å². The van der Waals surface area contributed by atoms with Crippen molar-refractivity contribution in [3.8, 4) is 0 Å². The van der Waals surface area contributed by atoms with Crippen molar-refractivity contribution in [2.75, 3.05) is 0 Å². The van der Waals surface area contributed by atoms with E-state index >= 15 is 0 Å². The Bertz CT molecular complexity index is 1380. The number of benzene rings is 2. The average Bonchev–Trinajstić information content (AvgIpc) is 3.03. The number of aliphatic imine (C=N–C) groups is 1. The summed E-state index contributed by atoms with van der Waals surface area (Å²) < 4.78 is 0. The van der Waals surface area contributed by atoms with Crippen LogP contribution in [0.5, 0.6) is 0 Å². The standard InChI is InChI=1S/C17H21N.C10H16N3.C10H17N.C7H8.CH4/c1-2-4-13(5-3-1)12-18-17-9-14-6-15(10-17)8-16(7-14)11-17;11-13-12-10-4-7-1-8(5-10)3-9(2-7)6-10;11-10-4-7-1-8(5-10)3-9(2-7)6-10;1-7-5-3-2-4-6-7;/h1-5,12,14-16H,6-11H2;7-9,11H,1-6H2;7-9H,1-6,11H2;2-6H,1H3;1H4/q;+1;;;. The number of nitrogens with two attached hydrogens (primary N) is 1. The number of aryl methyl sites for hydroxylation is 1. The molecule has 0 spiro atoms. The molecule has 0 amide bonds. The Hall–Kier alpha value is -2.62. The zero-order valence-electron chi connectivity index (χ0n) is 30.2. The van der Waals surface area contributed by atoms with E-state index in [1.165, 1.54) is 127 Å². The quantitative estimate of drug-likeness (QED) is 0.189. The maximum Gasteiger partial charge on any atom is 0.214 e. The molecule has 3 N–H and O–H groups in total. The predicted octanol–water partition coefficient (Wildman–Crippen LogP) is 11.1. The van der Waals surface area contributed by atoms with Crippen LogP contribution in [0.25, 0.3) is 0 Å². The van der Waals surface area contributed by atoms with Crippen LogP contribution in [-0.4, -0.2) is 22.8 Å². The van der Waals surface area contributed by atoms with Crippen molar-refractivity contribution in [1.29, 1.82) is 5.53 Å². The van der Waals surface area contributed by atoms with Gasteiger partial charge in [-0.2, -0.15) is 0 Å². The van der Waals surface area contributed by atoms with E-state index < -0.39 is 0 Å². The third-order valence-corrected chi connectivity index (χ3v) is 14.6. The molecule has 5 heteroatoms. The maximum absolute atomic E-state index is 6.90. The van der Waals surface area contributed by atoms with Crippen LogP contribution >= 0.6 is 0 Å². The van der Waals surface area contributed by atoms with Gasteiger partial charge in [-0.3, -0.25) is 4.99 Å². The topological polar surface area (TPSA) is 88.7 Å². The zero-order valence-corrected chi connectivity index (χ0v) is 30.2. The fourth-order valence-electron chi connectivity index (χ4n) is 14.0. The number of hydrogen-bond acceptors (Lipinski definition) is 4. The second kappa shape index (κ2) is 14.8. The normalized spacial score (nSPS) is 43.0. The van der Waals surface area contributed by atoms with Crippen LogP contribution in [0.3, 0.4) is 0 Å². The summed E-state index contributed by atoms with van der Waals surface area (Å²) in [5.74, 6) is 8.77.